The average molecular weight is 519 g/mol. The number of nitrogens with zero attached hydrogens (tertiary/aromatic N) is 5. The third kappa shape index (κ3) is 4.35. The second-order valence-corrected chi connectivity index (χ2v) is 11.5. The molecule has 0 bridgehead atoms. The molecule has 1 aromatic carbocycles. The maximum Gasteiger partial charge on any atom is 0.263 e. The van der Waals surface area contributed by atoms with Crippen molar-refractivity contribution in [3.8, 4) is 11.9 Å². The third-order valence-electron chi connectivity index (χ3n) is 7.41. The SMILES string of the molecule is Cn1c(=O)c(C(=O)NCc2ccc(C#N)cc2)cc2cnnc(OCC3(SN4CCC45COC5)CC3)c21. The molecule has 3 aromatic rings. The number of hydrogen-bond acceptors (Lipinski definition) is 9. The maximum atomic E-state index is 13.1. The monoisotopic (exact) mass is 518 g/mol. The predicted molar refractivity (Wildman–Crippen MR) is 137 cm³/mol. The molecule has 190 valence electrons. The fraction of sp³-hybridized carbons (Fsp3) is 0.423. The zero-order valence-electron chi connectivity index (χ0n) is 20.4. The number of rotatable bonds is 8. The van der Waals surface area contributed by atoms with Gasteiger partial charge in [0, 0.05) is 25.5 Å². The Morgan fingerprint density at radius 2 is 2.05 bits per heavy atom. The molecule has 3 aliphatic rings. The zero-order chi connectivity index (χ0) is 25.6. The molecule has 11 heteroatoms. The Hall–Kier alpha value is -3.46. The summed E-state index contributed by atoms with van der Waals surface area (Å²) in [5.41, 5.74) is 1.67. The lowest BCUT2D eigenvalue weighted by molar-refractivity contribution is -0.153. The van der Waals surface area contributed by atoms with Crippen LogP contribution in [0.25, 0.3) is 10.9 Å². The van der Waals surface area contributed by atoms with Gasteiger partial charge in [-0.05, 0) is 43.0 Å². The van der Waals surface area contributed by atoms with Gasteiger partial charge in [-0.1, -0.05) is 24.1 Å². The van der Waals surface area contributed by atoms with Gasteiger partial charge in [0.05, 0.1) is 41.3 Å². The number of pyridine rings is 1. The van der Waals surface area contributed by atoms with Crippen molar-refractivity contribution < 1.29 is 14.3 Å². The van der Waals surface area contributed by atoms with Gasteiger partial charge in [0.15, 0.2) is 0 Å². The van der Waals surface area contributed by atoms with Crippen LogP contribution in [-0.2, 0) is 18.3 Å². The molecule has 6 rings (SSSR count). The number of benzene rings is 1. The molecule has 10 nitrogen and oxygen atoms in total. The van der Waals surface area contributed by atoms with E-state index in [4.69, 9.17) is 14.7 Å². The smallest absolute Gasteiger partial charge is 0.263 e. The van der Waals surface area contributed by atoms with Crippen molar-refractivity contribution in [2.45, 2.75) is 36.1 Å². The molecular formula is C26H26N6O4S. The fourth-order valence-corrected chi connectivity index (χ4v) is 6.11. The Bertz CT molecular complexity index is 1470. The number of aromatic nitrogens is 3. The second-order valence-electron chi connectivity index (χ2n) is 10.00. The van der Waals surface area contributed by atoms with E-state index < -0.39 is 11.5 Å². The molecule has 1 N–H and O–H groups in total. The third-order valence-corrected chi connectivity index (χ3v) is 9.11. The van der Waals surface area contributed by atoms with Crippen molar-refractivity contribution in [3.05, 3.63) is 63.6 Å². The van der Waals surface area contributed by atoms with Crippen LogP contribution in [0.2, 0.25) is 0 Å². The van der Waals surface area contributed by atoms with Crippen LogP contribution in [-0.4, -0.2) is 61.6 Å². The zero-order valence-corrected chi connectivity index (χ0v) is 21.2. The maximum absolute atomic E-state index is 13.1. The number of ether oxygens (including phenoxy) is 2. The summed E-state index contributed by atoms with van der Waals surface area (Å²) in [5, 5.41) is 20.5. The number of hydrogen-bond donors (Lipinski definition) is 1. The molecule has 2 saturated heterocycles. The summed E-state index contributed by atoms with van der Waals surface area (Å²) in [7, 11) is 1.61. The molecule has 2 aromatic heterocycles. The number of carbonyl (C=O) groups excluding carboxylic acids is 1. The van der Waals surface area contributed by atoms with Gasteiger partial charge in [-0.15, -0.1) is 5.10 Å². The van der Waals surface area contributed by atoms with Crippen LogP contribution in [0, 0.1) is 11.3 Å². The van der Waals surface area contributed by atoms with Crippen LogP contribution in [0.1, 0.15) is 40.7 Å². The molecule has 3 fully saturated rings. The Kier molecular flexibility index (Phi) is 5.90. The van der Waals surface area contributed by atoms with Crippen molar-refractivity contribution in [2.24, 2.45) is 7.05 Å². The topological polar surface area (TPSA) is 122 Å². The van der Waals surface area contributed by atoms with Gasteiger partial charge < -0.3 is 19.4 Å². The molecule has 1 spiro atoms. The predicted octanol–water partition coefficient (Wildman–Crippen LogP) is 2.16. The molecule has 4 heterocycles. The highest BCUT2D eigenvalue weighted by molar-refractivity contribution is 7.98. The van der Waals surface area contributed by atoms with E-state index in [1.165, 1.54) is 23.3 Å². The van der Waals surface area contributed by atoms with Crippen molar-refractivity contribution in [1.29, 1.82) is 5.26 Å². The van der Waals surface area contributed by atoms with Gasteiger partial charge in [0.1, 0.15) is 17.7 Å². The first-order valence-electron chi connectivity index (χ1n) is 12.2. The lowest BCUT2D eigenvalue weighted by atomic mass is 9.86. The molecule has 1 amide bonds. The highest BCUT2D eigenvalue weighted by atomic mass is 32.2. The quantitative estimate of drug-likeness (QED) is 0.447. The molecule has 37 heavy (non-hydrogen) atoms. The van der Waals surface area contributed by atoms with Crippen LogP contribution in [0.15, 0.2) is 41.3 Å². The number of nitrogens with one attached hydrogen (secondary N) is 1. The average Bonchev–Trinajstić information content (AvgIpc) is 3.65. The van der Waals surface area contributed by atoms with Crippen LogP contribution in [0.3, 0.4) is 0 Å². The normalized spacial score (nSPS) is 19.0. The van der Waals surface area contributed by atoms with Crippen molar-refractivity contribution in [1.82, 2.24) is 24.4 Å². The fourth-order valence-electron chi connectivity index (χ4n) is 4.68. The molecule has 0 radical (unpaired) electrons. The standard InChI is InChI=1S/C26H26N6O4S/c1-31-21-19(10-20(24(31)34)22(33)28-12-18-4-2-17(11-27)3-5-18)13-29-30-23(21)36-16-26(6-7-26)37-32-9-8-25(32)14-35-15-25/h2-5,10,13H,6-9,12,14-16H2,1H3,(H,28,33). The van der Waals surface area contributed by atoms with E-state index in [1.807, 2.05) is 11.9 Å². The van der Waals surface area contributed by atoms with Gasteiger partial charge >= 0.3 is 0 Å². The minimum absolute atomic E-state index is 0.0109. The van der Waals surface area contributed by atoms with Gasteiger partial charge in [-0.25, -0.2) is 4.31 Å². The largest absolute Gasteiger partial charge is 0.474 e. The number of fused-ring (bicyclic) bond motifs is 1. The minimum Gasteiger partial charge on any atom is -0.474 e. The van der Waals surface area contributed by atoms with Crippen molar-refractivity contribution in [3.63, 3.8) is 0 Å². The Balaban J connectivity index is 1.17. The molecule has 0 unspecified atom stereocenters. The van der Waals surface area contributed by atoms with Crippen LogP contribution in [0.5, 0.6) is 5.88 Å². The van der Waals surface area contributed by atoms with E-state index in [-0.39, 0.29) is 22.4 Å². The summed E-state index contributed by atoms with van der Waals surface area (Å²) in [4.78, 5) is 26.0. The van der Waals surface area contributed by atoms with E-state index in [0.717, 1.165) is 38.2 Å². The van der Waals surface area contributed by atoms with Crippen molar-refractivity contribution in [2.75, 3.05) is 26.4 Å². The summed E-state index contributed by atoms with van der Waals surface area (Å²) in [6.07, 6.45) is 4.83. The van der Waals surface area contributed by atoms with E-state index >= 15 is 0 Å². The van der Waals surface area contributed by atoms with Crippen LogP contribution in [0.4, 0.5) is 0 Å². The molecule has 1 saturated carbocycles. The second kappa shape index (κ2) is 9.13. The van der Waals surface area contributed by atoms with E-state index in [1.54, 1.807) is 31.3 Å². The molecule has 0 atom stereocenters. The summed E-state index contributed by atoms with van der Waals surface area (Å²) in [6, 6.07) is 10.5. The van der Waals surface area contributed by atoms with Crippen molar-refractivity contribution >= 4 is 28.8 Å². The lowest BCUT2D eigenvalue weighted by Gasteiger charge is -2.57. The van der Waals surface area contributed by atoms with Crippen LogP contribution >= 0.6 is 11.9 Å². The van der Waals surface area contributed by atoms with E-state index in [9.17, 15) is 9.59 Å². The van der Waals surface area contributed by atoms with Gasteiger partial charge in [0.2, 0.25) is 0 Å². The summed E-state index contributed by atoms with van der Waals surface area (Å²) >= 11 is 1.87. The first kappa shape index (κ1) is 23.9. The van der Waals surface area contributed by atoms with E-state index in [2.05, 4.69) is 25.9 Å². The summed E-state index contributed by atoms with van der Waals surface area (Å²) in [6.45, 7) is 3.38. The van der Waals surface area contributed by atoms with E-state index in [0.29, 0.717) is 29.0 Å². The first-order chi connectivity index (χ1) is 17.9. The van der Waals surface area contributed by atoms with Gasteiger partial charge in [-0.3, -0.25) is 9.59 Å². The number of aryl methyl sites for hydroxylation is 1. The molecule has 1 aliphatic carbocycles. The van der Waals surface area contributed by atoms with Gasteiger partial charge in [0.25, 0.3) is 17.3 Å². The number of carbonyl (C=O) groups is 1. The Morgan fingerprint density at radius 1 is 1.27 bits per heavy atom. The summed E-state index contributed by atoms with van der Waals surface area (Å²) < 4.78 is 15.5. The summed E-state index contributed by atoms with van der Waals surface area (Å²) in [5.74, 6) is -0.193. The first-order valence-corrected chi connectivity index (χ1v) is 13.0. The highest BCUT2D eigenvalue weighted by Gasteiger charge is 2.56. The Morgan fingerprint density at radius 3 is 2.68 bits per heavy atom. The molecule has 2 aliphatic heterocycles. The lowest BCUT2D eigenvalue weighted by Crippen LogP contribution is -2.68. The molecular weight excluding hydrogens is 492 g/mol. The minimum atomic E-state index is -0.483. The number of nitriles is 1. The number of amides is 1. The highest BCUT2D eigenvalue weighted by Crippen LogP contribution is 2.55. The van der Waals surface area contributed by atoms with Gasteiger partial charge in [-0.2, -0.15) is 10.4 Å². The Labute approximate surface area is 217 Å². The van der Waals surface area contributed by atoms with Crippen LogP contribution < -0.4 is 15.6 Å².